The molecule has 2 aliphatic rings. The van der Waals surface area contributed by atoms with Crippen molar-refractivity contribution < 1.29 is 9.59 Å². The van der Waals surface area contributed by atoms with Gasteiger partial charge in [0.05, 0.1) is 5.69 Å². The van der Waals surface area contributed by atoms with Crippen LogP contribution in [0.4, 0.5) is 10.5 Å². The molecule has 4 nitrogen and oxygen atoms in total. The van der Waals surface area contributed by atoms with Gasteiger partial charge in [0.2, 0.25) is 0 Å². The molecule has 1 aliphatic carbocycles. The van der Waals surface area contributed by atoms with Gasteiger partial charge in [-0.2, -0.15) is 0 Å². The summed E-state index contributed by atoms with van der Waals surface area (Å²) in [6, 6.07) is 7.24. The molecule has 0 radical (unpaired) electrons. The van der Waals surface area contributed by atoms with Crippen LogP contribution in [-0.4, -0.2) is 17.5 Å². The van der Waals surface area contributed by atoms with Crippen molar-refractivity contribution in [3.63, 3.8) is 0 Å². The van der Waals surface area contributed by atoms with Gasteiger partial charge in [-0.3, -0.25) is 4.79 Å². The van der Waals surface area contributed by atoms with Gasteiger partial charge in [0.25, 0.3) is 5.91 Å². The van der Waals surface area contributed by atoms with E-state index in [9.17, 15) is 9.59 Å². The van der Waals surface area contributed by atoms with E-state index < -0.39 is 5.54 Å². The fraction of sp³-hybridized carbons (Fsp3) is 0.500. The number of imide groups is 1. The molecule has 4 heteroatoms. The molecule has 2 unspecified atom stereocenters. The van der Waals surface area contributed by atoms with Crippen LogP contribution in [0.15, 0.2) is 24.3 Å². The molecule has 1 aliphatic heterocycles. The first-order chi connectivity index (χ1) is 9.52. The highest BCUT2D eigenvalue weighted by Crippen LogP contribution is 2.38. The molecule has 1 aromatic rings. The number of carbonyl (C=O) groups excluding carboxylic acids is 2. The van der Waals surface area contributed by atoms with Crippen molar-refractivity contribution in [2.45, 2.75) is 45.1 Å². The van der Waals surface area contributed by atoms with Crippen LogP contribution in [0.25, 0.3) is 0 Å². The topological polar surface area (TPSA) is 49.4 Å². The molecule has 1 heterocycles. The molecule has 1 N–H and O–H groups in total. The van der Waals surface area contributed by atoms with Crippen LogP contribution >= 0.6 is 0 Å². The maximum Gasteiger partial charge on any atom is 0.329 e. The average molecular weight is 272 g/mol. The SMILES string of the molecule is Cc1cccc(N2C(=O)NC3(CCCC(C)C3)C2=O)c1. The summed E-state index contributed by atoms with van der Waals surface area (Å²) in [6.07, 6.45) is 3.63. The number of carbonyl (C=O) groups is 2. The third-order valence-electron chi connectivity index (χ3n) is 4.42. The minimum Gasteiger partial charge on any atom is -0.323 e. The lowest BCUT2D eigenvalue weighted by atomic mass is 9.76. The zero-order chi connectivity index (χ0) is 14.3. The second-order valence-corrected chi connectivity index (χ2v) is 6.19. The van der Waals surface area contributed by atoms with Gasteiger partial charge < -0.3 is 5.32 Å². The smallest absolute Gasteiger partial charge is 0.323 e. The van der Waals surface area contributed by atoms with E-state index in [4.69, 9.17) is 0 Å². The summed E-state index contributed by atoms with van der Waals surface area (Å²) in [7, 11) is 0. The summed E-state index contributed by atoms with van der Waals surface area (Å²) in [5.41, 5.74) is 1.04. The Kier molecular flexibility index (Phi) is 3.04. The van der Waals surface area contributed by atoms with E-state index in [1.807, 2.05) is 31.2 Å². The third kappa shape index (κ3) is 1.99. The van der Waals surface area contributed by atoms with E-state index in [2.05, 4.69) is 12.2 Å². The Balaban J connectivity index is 1.95. The van der Waals surface area contributed by atoms with Crippen molar-refractivity contribution in [2.75, 3.05) is 4.90 Å². The number of urea groups is 1. The summed E-state index contributed by atoms with van der Waals surface area (Å²) in [5.74, 6) is 0.394. The van der Waals surface area contributed by atoms with Gasteiger partial charge in [0, 0.05) is 0 Å². The molecule has 20 heavy (non-hydrogen) atoms. The maximum absolute atomic E-state index is 12.8. The van der Waals surface area contributed by atoms with Crippen LogP contribution in [0.3, 0.4) is 0 Å². The van der Waals surface area contributed by atoms with Crippen molar-refractivity contribution in [3.05, 3.63) is 29.8 Å². The third-order valence-corrected chi connectivity index (χ3v) is 4.42. The first-order valence-electron chi connectivity index (χ1n) is 7.25. The number of anilines is 1. The van der Waals surface area contributed by atoms with Gasteiger partial charge >= 0.3 is 6.03 Å². The molecule has 2 atom stereocenters. The highest BCUT2D eigenvalue weighted by atomic mass is 16.2. The number of nitrogens with zero attached hydrogens (tertiary/aromatic N) is 1. The van der Waals surface area contributed by atoms with Crippen molar-refractivity contribution in [1.29, 1.82) is 0 Å². The number of amides is 3. The Morgan fingerprint density at radius 2 is 2.15 bits per heavy atom. The Morgan fingerprint density at radius 3 is 2.85 bits per heavy atom. The molecular weight excluding hydrogens is 252 g/mol. The van der Waals surface area contributed by atoms with Gasteiger partial charge in [-0.15, -0.1) is 0 Å². The van der Waals surface area contributed by atoms with Crippen LogP contribution < -0.4 is 10.2 Å². The molecule has 106 valence electrons. The van der Waals surface area contributed by atoms with Gasteiger partial charge in [0.15, 0.2) is 0 Å². The second-order valence-electron chi connectivity index (χ2n) is 6.19. The average Bonchev–Trinajstić information content (AvgIpc) is 2.60. The van der Waals surface area contributed by atoms with Gasteiger partial charge in [-0.05, 0) is 43.4 Å². The first kappa shape index (κ1) is 13.2. The van der Waals surface area contributed by atoms with Gasteiger partial charge in [-0.25, -0.2) is 9.69 Å². The fourth-order valence-electron chi connectivity index (χ4n) is 3.48. The Bertz CT molecular complexity index is 569. The summed E-state index contributed by atoms with van der Waals surface area (Å²) in [6.45, 7) is 4.11. The second kappa shape index (κ2) is 4.62. The van der Waals surface area contributed by atoms with E-state index in [0.717, 1.165) is 31.2 Å². The molecule has 2 fully saturated rings. The lowest BCUT2D eigenvalue weighted by molar-refractivity contribution is -0.123. The van der Waals surface area contributed by atoms with E-state index in [1.54, 1.807) is 0 Å². The number of hydrogen-bond acceptors (Lipinski definition) is 2. The molecule has 0 bridgehead atoms. The maximum atomic E-state index is 12.8. The molecule has 1 spiro atoms. The van der Waals surface area contributed by atoms with Crippen molar-refractivity contribution in [2.24, 2.45) is 5.92 Å². The number of aryl methyl sites for hydroxylation is 1. The zero-order valence-electron chi connectivity index (χ0n) is 12.0. The van der Waals surface area contributed by atoms with Gasteiger partial charge in [0.1, 0.15) is 5.54 Å². The summed E-state index contributed by atoms with van der Waals surface area (Å²) in [4.78, 5) is 26.4. The van der Waals surface area contributed by atoms with Crippen LogP contribution in [0.5, 0.6) is 0 Å². The summed E-state index contributed by atoms with van der Waals surface area (Å²) in [5, 5.41) is 2.95. The number of benzene rings is 1. The fourth-order valence-corrected chi connectivity index (χ4v) is 3.48. The molecular formula is C16H20N2O2. The number of hydrogen-bond donors (Lipinski definition) is 1. The zero-order valence-corrected chi connectivity index (χ0v) is 12.0. The quantitative estimate of drug-likeness (QED) is 0.799. The molecule has 1 aromatic carbocycles. The number of nitrogens with one attached hydrogen (secondary N) is 1. The Hall–Kier alpha value is -1.84. The normalized spacial score (nSPS) is 29.9. The lowest BCUT2D eigenvalue weighted by Gasteiger charge is -2.34. The van der Waals surface area contributed by atoms with E-state index >= 15 is 0 Å². The Morgan fingerprint density at radius 1 is 1.35 bits per heavy atom. The minimum absolute atomic E-state index is 0.0837. The van der Waals surface area contributed by atoms with Gasteiger partial charge in [-0.1, -0.05) is 31.9 Å². The van der Waals surface area contributed by atoms with Crippen molar-refractivity contribution in [3.8, 4) is 0 Å². The first-order valence-corrected chi connectivity index (χ1v) is 7.25. The Labute approximate surface area is 119 Å². The summed E-state index contributed by atoms with van der Waals surface area (Å²) < 4.78 is 0. The molecule has 3 amide bonds. The largest absolute Gasteiger partial charge is 0.329 e. The van der Waals surface area contributed by atoms with Crippen LogP contribution in [0, 0.1) is 12.8 Å². The summed E-state index contributed by atoms with van der Waals surface area (Å²) >= 11 is 0. The monoisotopic (exact) mass is 272 g/mol. The van der Waals surface area contributed by atoms with Crippen LogP contribution in [-0.2, 0) is 4.79 Å². The van der Waals surface area contributed by atoms with Crippen molar-refractivity contribution >= 4 is 17.6 Å². The minimum atomic E-state index is -0.668. The van der Waals surface area contributed by atoms with E-state index in [0.29, 0.717) is 11.6 Å². The van der Waals surface area contributed by atoms with Crippen LogP contribution in [0.2, 0.25) is 0 Å². The van der Waals surface area contributed by atoms with E-state index in [-0.39, 0.29) is 11.9 Å². The standard InChI is InChI=1S/C16H20N2O2/c1-11-5-3-7-13(9-11)18-14(19)16(17-15(18)20)8-4-6-12(2)10-16/h3,5,7,9,12H,4,6,8,10H2,1-2H3,(H,17,20). The molecule has 3 rings (SSSR count). The predicted molar refractivity (Wildman–Crippen MR) is 77.6 cm³/mol. The predicted octanol–water partition coefficient (Wildman–Crippen LogP) is 3.00. The molecule has 1 saturated heterocycles. The highest BCUT2D eigenvalue weighted by Gasteiger charge is 2.52. The highest BCUT2D eigenvalue weighted by molar-refractivity contribution is 6.23. The number of rotatable bonds is 1. The molecule has 1 saturated carbocycles. The molecule has 0 aromatic heterocycles. The van der Waals surface area contributed by atoms with Crippen molar-refractivity contribution in [1.82, 2.24) is 5.32 Å². The van der Waals surface area contributed by atoms with Crippen LogP contribution in [0.1, 0.15) is 38.2 Å². The van der Waals surface area contributed by atoms with E-state index in [1.165, 1.54) is 4.90 Å². The lowest BCUT2D eigenvalue weighted by Crippen LogP contribution is -2.50.